The number of nitrogens with one attached hydrogen (secondary N) is 1. The number of carbonyl (C=O) groups excluding carboxylic acids is 1. The lowest BCUT2D eigenvalue weighted by Crippen LogP contribution is -2.45. The Morgan fingerprint density at radius 3 is 2.73 bits per heavy atom. The van der Waals surface area contributed by atoms with Crippen LogP contribution >= 0.6 is 15.9 Å². The highest BCUT2D eigenvalue weighted by molar-refractivity contribution is 9.10. The molecule has 0 aromatic heterocycles. The van der Waals surface area contributed by atoms with Crippen LogP contribution in [-0.2, 0) is 16.0 Å². The quantitative estimate of drug-likeness (QED) is 0.850. The number of hydrogen-bond donors (Lipinski definition) is 1. The van der Waals surface area contributed by atoms with Gasteiger partial charge < -0.3 is 14.8 Å². The van der Waals surface area contributed by atoms with Crippen molar-refractivity contribution < 1.29 is 14.3 Å². The highest BCUT2D eigenvalue weighted by Crippen LogP contribution is 2.48. The second-order valence-electron chi connectivity index (χ2n) is 5.62. The minimum Gasteiger partial charge on any atom is -0.466 e. The molecule has 0 aliphatic carbocycles. The monoisotopic (exact) mass is 363 g/mol. The Morgan fingerprint density at radius 1 is 1.36 bits per heavy atom. The maximum absolute atomic E-state index is 12.1. The van der Waals surface area contributed by atoms with Gasteiger partial charge in [-0.15, -0.1) is 0 Å². The van der Waals surface area contributed by atoms with Crippen molar-refractivity contribution in [3.63, 3.8) is 0 Å². The predicted octanol–water partition coefficient (Wildman–Crippen LogP) is 4.31. The van der Waals surface area contributed by atoms with Crippen LogP contribution in [0.3, 0.4) is 0 Å². The van der Waals surface area contributed by atoms with Crippen molar-refractivity contribution in [2.24, 2.45) is 0 Å². The molecule has 0 radical (unpaired) electrons. The van der Waals surface area contributed by atoms with Gasteiger partial charge >= 0.3 is 0 Å². The number of anilines is 1. The molecule has 1 aromatic rings. The van der Waals surface area contributed by atoms with E-state index in [0.717, 1.165) is 22.3 Å². The number of hydrogen-bond acceptors (Lipinski definition) is 4. The topological polar surface area (TPSA) is 47.6 Å². The van der Waals surface area contributed by atoms with Crippen molar-refractivity contribution in [3.05, 3.63) is 45.3 Å². The summed E-state index contributed by atoms with van der Waals surface area (Å²) in [7, 11) is 0. The Balaban J connectivity index is 2.14. The first kappa shape index (κ1) is 15.2. The maximum Gasteiger partial charge on any atom is 0.237 e. The maximum atomic E-state index is 12.1. The van der Waals surface area contributed by atoms with Gasteiger partial charge in [0.05, 0.1) is 10.2 Å². The molecule has 0 unspecified atom stereocenters. The van der Waals surface area contributed by atoms with Gasteiger partial charge in [-0.2, -0.15) is 0 Å². The highest BCUT2D eigenvalue weighted by atomic mass is 79.9. The fourth-order valence-electron chi connectivity index (χ4n) is 3.07. The summed E-state index contributed by atoms with van der Waals surface area (Å²) in [5.41, 5.74) is 1.58. The Kier molecular flexibility index (Phi) is 3.56. The third-order valence-corrected chi connectivity index (χ3v) is 4.48. The molecule has 0 amide bonds. The molecule has 3 rings (SSSR count). The minimum absolute atomic E-state index is 0.0756. The van der Waals surface area contributed by atoms with E-state index < -0.39 is 5.72 Å². The Bertz CT molecular complexity index is 736. The highest BCUT2D eigenvalue weighted by Gasteiger charge is 2.47. The number of ether oxygens (including phenoxy) is 2. The van der Waals surface area contributed by atoms with E-state index >= 15 is 0 Å². The van der Waals surface area contributed by atoms with E-state index in [2.05, 4.69) is 34.2 Å². The summed E-state index contributed by atoms with van der Waals surface area (Å²) < 4.78 is 12.7. The fraction of sp³-hybridized carbons (Fsp3) is 0.353. The van der Waals surface area contributed by atoms with Crippen LogP contribution in [0.5, 0.6) is 5.75 Å². The molecule has 0 fully saturated rings. The first-order valence-electron chi connectivity index (χ1n) is 7.25. The number of benzene rings is 1. The largest absolute Gasteiger partial charge is 0.466 e. The van der Waals surface area contributed by atoms with Crippen LogP contribution in [0.4, 0.5) is 5.69 Å². The first-order valence-corrected chi connectivity index (χ1v) is 8.05. The zero-order chi connectivity index (χ0) is 16.1. The number of rotatable bonds is 2. The minimum atomic E-state index is -0.991. The number of halogens is 1. The van der Waals surface area contributed by atoms with Crippen molar-refractivity contribution in [2.45, 2.75) is 39.8 Å². The molecule has 4 nitrogen and oxygen atoms in total. The average Bonchev–Trinajstić information content (AvgIpc) is 2.75. The smallest absolute Gasteiger partial charge is 0.237 e. The SMILES string of the molecule is CCc1cc(Br)c2c(c1)N[C@]1(C=C(C)OC(C)=C1C(C)=O)O2. The third-order valence-electron chi connectivity index (χ3n) is 3.89. The molecule has 2 heterocycles. The molecule has 1 atom stereocenters. The normalized spacial score (nSPS) is 22.7. The fourth-order valence-corrected chi connectivity index (χ4v) is 3.66. The predicted molar refractivity (Wildman–Crippen MR) is 88.7 cm³/mol. The zero-order valence-corrected chi connectivity index (χ0v) is 14.6. The molecule has 0 saturated heterocycles. The van der Waals surface area contributed by atoms with Gasteiger partial charge in [-0.25, -0.2) is 0 Å². The molecule has 116 valence electrons. The van der Waals surface area contributed by atoms with E-state index in [1.165, 1.54) is 12.5 Å². The number of Topliss-reactive ketones (excluding diaryl/α,β-unsaturated/α-hetero) is 1. The van der Waals surface area contributed by atoms with Gasteiger partial charge in [0.1, 0.15) is 17.1 Å². The lowest BCUT2D eigenvalue weighted by Gasteiger charge is -2.32. The number of aryl methyl sites for hydroxylation is 1. The van der Waals surface area contributed by atoms with Crippen LogP contribution in [0.15, 0.2) is 39.8 Å². The molecule has 0 saturated carbocycles. The molecule has 5 heteroatoms. The van der Waals surface area contributed by atoms with Crippen molar-refractivity contribution in [1.29, 1.82) is 0 Å². The Labute approximate surface area is 138 Å². The Hall–Kier alpha value is -1.75. The van der Waals surface area contributed by atoms with Crippen LogP contribution in [0.25, 0.3) is 0 Å². The molecule has 2 aliphatic heterocycles. The number of fused-ring (bicyclic) bond motifs is 1. The first-order chi connectivity index (χ1) is 10.4. The molecule has 2 aliphatic rings. The van der Waals surface area contributed by atoms with Crippen molar-refractivity contribution in [1.82, 2.24) is 0 Å². The number of carbonyl (C=O) groups is 1. The lowest BCUT2D eigenvalue weighted by atomic mass is 9.95. The van der Waals surface area contributed by atoms with Gasteiger partial charge in [0.15, 0.2) is 11.5 Å². The second kappa shape index (κ2) is 5.16. The average molecular weight is 364 g/mol. The van der Waals surface area contributed by atoms with Gasteiger partial charge in [-0.05, 0) is 60.8 Å². The van der Waals surface area contributed by atoms with Crippen LogP contribution in [0, 0.1) is 0 Å². The summed E-state index contributed by atoms with van der Waals surface area (Å²) >= 11 is 3.56. The standard InChI is InChI=1S/C17H18BrNO3/c1-5-12-6-13(18)16-14(7-12)19-17(22-16)8-9(2)21-11(4)15(17)10(3)20/h6-8,19H,5H2,1-4H3/t17-/m1/s1. The summed E-state index contributed by atoms with van der Waals surface area (Å²) in [6, 6.07) is 4.10. The molecule has 22 heavy (non-hydrogen) atoms. The zero-order valence-electron chi connectivity index (χ0n) is 13.0. The molecular formula is C17H18BrNO3. The molecule has 1 spiro atoms. The van der Waals surface area contributed by atoms with Crippen LogP contribution in [0.1, 0.15) is 33.3 Å². The van der Waals surface area contributed by atoms with E-state index in [4.69, 9.17) is 9.47 Å². The third kappa shape index (κ3) is 2.24. The van der Waals surface area contributed by atoms with Crippen LogP contribution in [-0.4, -0.2) is 11.5 Å². The van der Waals surface area contributed by atoms with E-state index in [1.807, 2.05) is 19.1 Å². The summed E-state index contributed by atoms with van der Waals surface area (Å²) in [6.45, 7) is 7.26. The summed E-state index contributed by atoms with van der Waals surface area (Å²) in [5.74, 6) is 1.91. The van der Waals surface area contributed by atoms with E-state index in [-0.39, 0.29) is 5.78 Å². The Morgan fingerprint density at radius 2 is 2.09 bits per heavy atom. The summed E-state index contributed by atoms with van der Waals surface area (Å²) in [5, 5.41) is 3.37. The van der Waals surface area contributed by atoms with Crippen molar-refractivity contribution >= 4 is 27.4 Å². The number of allylic oxidation sites excluding steroid dienone is 2. The van der Waals surface area contributed by atoms with Crippen LogP contribution in [0.2, 0.25) is 0 Å². The van der Waals surface area contributed by atoms with E-state index in [1.54, 1.807) is 6.92 Å². The van der Waals surface area contributed by atoms with Gasteiger partial charge in [0.25, 0.3) is 0 Å². The summed E-state index contributed by atoms with van der Waals surface area (Å²) in [6.07, 6.45) is 2.74. The molecule has 1 aromatic carbocycles. The van der Waals surface area contributed by atoms with E-state index in [0.29, 0.717) is 17.1 Å². The summed E-state index contributed by atoms with van der Waals surface area (Å²) in [4.78, 5) is 12.1. The lowest BCUT2D eigenvalue weighted by molar-refractivity contribution is -0.115. The van der Waals surface area contributed by atoms with Gasteiger partial charge in [-0.1, -0.05) is 6.92 Å². The molecule has 0 bridgehead atoms. The van der Waals surface area contributed by atoms with Crippen molar-refractivity contribution in [3.8, 4) is 5.75 Å². The van der Waals surface area contributed by atoms with Crippen molar-refractivity contribution in [2.75, 3.05) is 5.32 Å². The van der Waals surface area contributed by atoms with Crippen LogP contribution < -0.4 is 10.1 Å². The van der Waals surface area contributed by atoms with Gasteiger partial charge in [0.2, 0.25) is 5.72 Å². The van der Waals surface area contributed by atoms with E-state index in [9.17, 15) is 4.79 Å². The second-order valence-corrected chi connectivity index (χ2v) is 6.47. The number of ketones is 1. The molecular weight excluding hydrogens is 346 g/mol. The van der Waals surface area contributed by atoms with Gasteiger partial charge in [0, 0.05) is 6.08 Å². The molecule has 1 N–H and O–H groups in total. The van der Waals surface area contributed by atoms with Gasteiger partial charge in [-0.3, -0.25) is 4.79 Å².